The van der Waals surface area contributed by atoms with Crippen LogP contribution in [-0.4, -0.2) is 40.6 Å². The van der Waals surface area contributed by atoms with Crippen LogP contribution in [0.1, 0.15) is 24.3 Å². The Labute approximate surface area is 170 Å². The highest BCUT2D eigenvalue weighted by Crippen LogP contribution is 2.33. The monoisotopic (exact) mass is 431 g/mol. The predicted octanol–water partition coefficient (Wildman–Crippen LogP) is 3.57. The van der Waals surface area contributed by atoms with Crippen LogP contribution in [0.5, 0.6) is 5.75 Å². The van der Waals surface area contributed by atoms with Gasteiger partial charge >= 0.3 is 5.97 Å². The number of hydrogen-bond acceptors (Lipinski definition) is 6. The van der Waals surface area contributed by atoms with Gasteiger partial charge in [0.15, 0.2) is 6.61 Å². The summed E-state index contributed by atoms with van der Waals surface area (Å²) >= 11 is 17.7. The zero-order chi connectivity index (χ0) is 20.0. The number of halogens is 3. The normalized spacial score (nSPS) is 11.0. The van der Waals surface area contributed by atoms with E-state index >= 15 is 0 Å². The fourth-order valence-electron chi connectivity index (χ4n) is 1.88. The van der Waals surface area contributed by atoms with Crippen LogP contribution in [0.4, 0.5) is 0 Å². The van der Waals surface area contributed by atoms with Crippen molar-refractivity contribution in [3.05, 3.63) is 51.5 Å². The number of hydrogen-bond donors (Lipinski definition) is 1. The molecule has 0 aliphatic carbocycles. The van der Waals surface area contributed by atoms with Gasteiger partial charge in [-0.25, -0.2) is 9.78 Å². The van der Waals surface area contributed by atoms with Gasteiger partial charge in [-0.1, -0.05) is 34.8 Å². The van der Waals surface area contributed by atoms with E-state index in [9.17, 15) is 9.59 Å². The predicted molar refractivity (Wildman–Crippen MR) is 102 cm³/mol. The molecule has 0 bridgehead atoms. The topological polar surface area (TPSA) is 90.4 Å². The Bertz CT molecular complexity index is 832. The van der Waals surface area contributed by atoms with E-state index < -0.39 is 17.4 Å². The van der Waals surface area contributed by atoms with E-state index in [-0.39, 0.29) is 39.7 Å². The molecule has 0 unspecified atom stereocenters. The van der Waals surface area contributed by atoms with Gasteiger partial charge in [0.25, 0.3) is 5.91 Å². The lowest BCUT2D eigenvalue weighted by molar-refractivity contribution is -0.147. The van der Waals surface area contributed by atoms with Crippen LogP contribution in [0.3, 0.4) is 0 Å². The van der Waals surface area contributed by atoms with Crippen molar-refractivity contribution in [2.45, 2.75) is 19.4 Å². The maximum absolute atomic E-state index is 12.1. The van der Waals surface area contributed by atoms with Crippen molar-refractivity contribution in [3.63, 3.8) is 0 Å². The first-order valence-corrected chi connectivity index (χ1v) is 8.83. The first-order valence-electron chi connectivity index (χ1n) is 7.69. The van der Waals surface area contributed by atoms with Gasteiger partial charge in [0, 0.05) is 18.5 Å². The summed E-state index contributed by atoms with van der Waals surface area (Å²) in [6.07, 6.45) is 4.21. The van der Waals surface area contributed by atoms with Gasteiger partial charge in [0.05, 0.1) is 26.8 Å². The molecule has 27 heavy (non-hydrogen) atoms. The maximum atomic E-state index is 12.1. The molecular weight excluding hydrogens is 417 g/mol. The average molecular weight is 433 g/mol. The molecular formula is C17H16Cl3N3O4. The highest BCUT2D eigenvalue weighted by atomic mass is 35.5. The Morgan fingerprint density at radius 1 is 1.11 bits per heavy atom. The smallest absolute Gasteiger partial charge is 0.344 e. The minimum absolute atomic E-state index is 0.0731. The molecule has 2 aromatic rings. The quantitative estimate of drug-likeness (QED) is 0.531. The van der Waals surface area contributed by atoms with Gasteiger partial charge in [0.1, 0.15) is 18.1 Å². The SMILES string of the molecule is CC(C)(COC(=O)COc1cc(Cl)c(Cl)cc1Cl)NC(=O)c1cnccn1. The van der Waals surface area contributed by atoms with Gasteiger partial charge in [-0.2, -0.15) is 0 Å². The van der Waals surface area contributed by atoms with Crippen LogP contribution in [0.2, 0.25) is 15.1 Å². The lowest BCUT2D eigenvalue weighted by Gasteiger charge is -2.25. The first-order chi connectivity index (χ1) is 12.7. The van der Waals surface area contributed by atoms with Crippen molar-refractivity contribution in [2.24, 2.45) is 0 Å². The average Bonchev–Trinajstić information content (AvgIpc) is 2.62. The second kappa shape index (κ2) is 9.21. The third kappa shape index (κ3) is 6.53. The number of rotatable bonds is 7. The molecule has 1 aromatic heterocycles. The van der Waals surface area contributed by atoms with E-state index in [2.05, 4.69) is 15.3 Å². The Morgan fingerprint density at radius 2 is 1.81 bits per heavy atom. The fraction of sp³-hybridized carbons (Fsp3) is 0.294. The highest BCUT2D eigenvalue weighted by molar-refractivity contribution is 6.43. The number of ether oxygens (including phenoxy) is 2. The molecule has 0 aliphatic heterocycles. The van der Waals surface area contributed by atoms with Gasteiger partial charge in [-0.05, 0) is 19.9 Å². The number of carbonyl (C=O) groups excluding carboxylic acids is 2. The zero-order valence-corrected chi connectivity index (χ0v) is 16.7. The number of benzene rings is 1. The molecule has 144 valence electrons. The standard InChI is InChI=1S/C17H16Cl3N3O4/c1-17(2,23-16(25)13-7-21-3-4-22-13)9-27-15(24)8-26-14-6-11(19)10(18)5-12(14)20/h3-7H,8-9H2,1-2H3,(H,23,25). The van der Waals surface area contributed by atoms with E-state index in [0.29, 0.717) is 0 Å². The van der Waals surface area contributed by atoms with Crippen LogP contribution in [0, 0.1) is 0 Å². The Morgan fingerprint density at radius 3 is 2.48 bits per heavy atom. The Kier molecular flexibility index (Phi) is 7.24. The summed E-state index contributed by atoms with van der Waals surface area (Å²) in [4.78, 5) is 31.7. The van der Waals surface area contributed by atoms with E-state index in [1.807, 2.05) is 0 Å². The lowest BCUT2D eigenvalue weighted by Crippen LogP contribution is -2.47. The summed E-state index contributed by atoms with van der Waals surface area (Å²) in [5, 5.41) is 3.45. The molecule has 0 aliphatic rings. The third-order valence-electron chi connectivity index (χ3n) is 3.16. The van der Waals surface area contributed by atoms with Crippen molar-refractivity contribution >= 4 is 46.7 Å². The Balaban J connectivity index is 1.83. The van der Waals surface area contributed by atoms with E-state index in [1.165, 1.54) is 30.7 Å². The van der Waals surface area contributed by atoms with Crippen molar-refractivity contribution < 1.29 is 19.1 Å². The van der Waals surface area contributed by atoms with Crippen molar-refractivity contribution in [1.29, 1.82) is 0 Å². The lowest BCUT2D eigenvalue weighted by atomic mass is 10.1. The number of esters is 1. The number of aromatic nitrogens is 2. The summed E-state index contributed by atoms with van der Waals surface area (Å²) in [6, 6.07) is 2.82. The second-order valence-electron chi connectivity index (χ2n) is 6.07. The summed E-state index contributed by atoms with van der Waals surface area (Å²) in [6.45, 7) is 2.94. The van der Waals surface area contributed by atoms with Gasteiger partial charge in [-0.15, -0.1) is 0 Å². The van der Waals surface area contributed by atoms with Crippen LogP contribution in [-0.2, 0) is 9.53 Å². The van der Waals surface area contributed by atoms with Crippen molar-refractivity contribution in [3.8, 4) is 5.75 Å². The largest absolute Gasteiger partial charge is 0.480 e. The zero-order valence-electron chi connectivity index (χ0n) is 14.5. The molecule has 0 fully saturated rings. The molecule has 10 heteroatoms. The highest BCUT2D eigenvalue weighted by Gasteiger charge is 2.24. The minimum Gasteiger partial charge on any atom is -0.480 e. The molecule has 1 aromatic carbocycles. The Hall–Kier alpha value is -2.09. The van der Waals surface area contributed by atoms with Crippen LogP contribution in [0.15, 0.2) is 30.7 Å². The summed E-state index contributed by atoms with van der Waals surface area (Å²) < 4.78 is 10.4. The maximum Gasteiger partial charge on any atom is 0.344 e. The van der Waals surface area contributed by atoms with Crippen LogP contribution < -0.4 is 10.1 Å². The van der Waals surface area contributed by atoms with E-state index in [0.717, 1.165) is 0 Å². The number of amides is 1. The second-order valence-corrected chi connectivity index (χ2v) is 7.30. The molecule has 0 radical (unpaired) electrons. The van der Waals surface area contributed by atoms with Crippen molar-refractivity contribution in [1.82, 2.24) is 15.3 Å². The summed E-state index contributed by atoms with van der Waals surface area (Å²) in [5.74, 6) is -0.861. The van der Waals surface area contributed by atoms with Crippen molar-refractivity contribution in [2.75, 3.05) is 13.2 Å². The van der Waals surface area contributed by atoms with E-state index in [4.69, 9.17) is 44.3 Å². The molecule has 0 saturated heterocycles. The first kappa shape index (κ1) is 21.2. The van der Waals surface area contributed by atoms with Gasteiger partial charge < -0.3 is 14.8 Å². The number of carbonyl (C=O) groups is 2. The summed E-state index contributed by atoms with van der Waals surface area (Å²) in [7, 11) is 0. The van der Waals surface area contributed by atoms with Gasteiger partial charge in [0.2, 0.25) is 0 Å². The molecule has 1 heterocycles. The number of nitrogens with one attached hydrogen (secondary N) is 1. The molecule has 0 saturated carbocycles. The third-order valence-corrected chi connectivity index (χ3v) is 4.18. The molecule has 0 atom stereocenters. The molecule has 1 N–H and O–H groups in total. The minimum atomic E-state index is -0.828. The molecule has 1 amide bonds. The van der Waals surface area contributed by atoms with Crippen LogP contribution in [0.25, 0.3) is 0 Å². The molecule has 2 rings (SSSR count). The van der Waals surface area contributed by atoms with E-state index in [1.54, 1.807) is 13.8 Å². The fourth-order valence-corrected chi connectivity index (χ4v) is 2.47. The van der Waals surface area contributed by atoms with Gasteiger partial charge in [-0.3, -0.25) is 9.78 Å². The molecule has 0 spiro atoms. The molecule has 7 nitrogen and oxygen atoms in total. The summed E-state index contributed by atoms with van der Waals surface area (Å²) in [5.41, 5.74) is -0.666. The number of nitrogens with zero attached hydrogens (tertiary/aromatic N) is 2. The van der Waals surface area contributed by atoms with Crippen LogP contribution >= 0.6 is 34.8 Å².